The Hall–Kier alpha value is -2.93. The molecule has 0 radical (unpaired) electrons. The molecule has 158 valence electrons. The molecule has 0 aliphatic carbocycles. The summed E-state index contributed by atoms with van der Waals surface area (Å²) in [5.41, 5.74) is 2.69. The molecule has 3 aromatic rings. The molecule has 2 heterocycles. The molecule has 0 bridgehead atoms. The first-order valence-electron chi connectivity index (χ1n) is 10.0. The number of aliphatic carboxylic acids is 1. The van der Waals surface area contributed by atoms with E-state index in [0.717, 1.165) is 48.1 Å². The number of likely N-dealkylation sites (tertiary alicyclic amines) is 1. The maximum absolute atomic E-state index is 14.0. The van der Waals surface area contributed by atoms with Crippen LogP contribution in [-0.2, 0) is 11.3 Å². The predicted molar refractivity (Wildman–Crippen MR) is 110 cm³/mol. The average molecular weight is 414 g/mol. The van der Waals surface area contributed by atoms with Crippen molar-refractivity contribution in [1.29, 1.82) is 0 Å². The maximum Gasteiger partial charge on any atom is 0.323 e. The summed E-state index contributed by atoms with van der Waals surface area (Å²) in [6.07, 6.45) is 1.74. The molecule has 1 fully saturated rings. The second-order valence-electron chi connectivity index (χ2n) is 7.76. The SMILES string of the molecule is Cc1c(C2CCN(COc3ccc(F)cc3)CC2)c2cc(F)ccc2n1CC(=O)O. The number of piperidine rings is 1. The quantitative estimate of drug-likeness (QED) is 0.644. The zero-order valence-corrected chi connectivity index (χ0v) is 16.8. The molecule has 1 N–H and O–H groups in total. The Morgan fingerprint density at radius 2 is 1.77 bits per heavy atom. The molecule has 4 rings (SSSR count). The number of rotatable bonds is 6. The largest absolute Gasteiger partial charge is 0.480 e. The Labute approximate surface area is 173 Å². The molecule has 7 heteroatoms. The number of halogens is 2. The van der Waals surface area contributed by atoms with Crippen LogP contribution in [0.1, 0.15) is 30.0 Å². The van der Waals surface area contributed by atoms with Crippen molar-refractivity contribution >= 4 is 16.9 Å². The molecule has 30 heavy (non-hydrogen) atoms. The number of hydrogen-bond donors (Lipinski definition) is 1. The minimum Gasteiger partial charge on any atom is -0.480 e. The van der Waals surface area contributed by atoms with Crippen LogP contribution in [0.4, 0.5) is 8.78 Å². The van der Waals surface area contributed by atoms with E-state index in [1.807, 2.05) is 6.92 Å². The van der Waals surface area contributed by atoms with Gasteiger partial charge in [0, 0.05) is 29.7 Å². The topological polar surface area (TPSA) is 54.7 Å². The lowest BCUT2D eigenvalue weighted by Crippen LogP contribution is -2.35. The van der Waals surface area contributed by atoms with E-state index in [9.17, 15) is 18.7 Å². The molecule has 1 aliphatic rings. The molecule has 1 aliphatic heterocycles. The fourth-order valence-corrected chi connectivity index (χ4v) is 4.38. The number of hydrogen-bond acceptors (Lipinski definition) is 3. The van der Waals surface area contributed by atoms with Gasteiger partial charge in [0.05, 0.1) is 0 Å². The van der Waals surface area contributed by atoms with E-state index >= 15 is 0 Å². The van der Waals surface area contributed by atoms with Crippen LogP contribution in [0.25, 0.3) is 10.9 Å². The van der Waals surface area contributed by atoms with Crippen LogP contribution in [-0.4, -0.2) is 40.4 Å². The van der Waals surface area contributed by atoms with Gasteiger partial charge in [-0.1, -0.05) is 0 Å². The van der Waals surface area contributed by atoms with Gasteiger partial charge in [0.15, 0.2) is 0 Å². The molecule has 1 aromatic heterocycles. The molecule has 0 saturated carbocycles. The number of ether oxygens (including phenoxy) is 1. The molecular weight excluding hydrogens is 390 g/mol. The number of aromatic nitrogens is 1. The zero-order valence-electron chi connectivity index (χ0n) is 16.8. The first-order chi connectivity index (χ1) is 14.4. The van der Waals surface area contributed by atoms with Crippen LogP contribution >= 0.6 is 0 Å². The summed E-state index contributed by atoms with van der Waals surface area (Å²) in [7, 11) is 0. The van der Waals surface area contributed by atoms with Gasteiger partial charge < -0.3 is 14.4 Å². The molecule has 1 saturated heterocycles. The van der Waals surface area contributed by atoms with Crippen molar-refractivity contribution in [3.05, 3.63) is 65.4 Å². The normalized spacial score (nSPS) is 15.6. The summed E-state index contributed by atoms with van der Waals surface area (Å²) >= 11 is 0. The fraction of sp³-hybridized carbons (Fsp3) is 0.348. The van der Waals surface area contributed by atoms with E-state index < -0.39 is 5.97 Å². The van der Waals surface area contributed by atoms with Gasteiger partial charge in [0.2, 0.25) is 0 Å². The highest BCUT2D eigenvalue weighted by atomic mass is 19.1. The Balaban J connectivity index is 1.49. The second kappa shape index (κ2) is 8.44. The average Bonchev–Trinajstić information content (AvgIpc) is 2.98. The van der Waals surface area contributed by atoms with Crippen molar-refractivity contribution in [2.45, 2.75) is 32.2 Å². The van der Waals surface area contributed by atoms with Crippen LogP contribution in [0.15, 0.2) is 42.5 Å². The number of carboxylic acids is 1. The number of fused-ring (bicyclic) bond motifs is 1. The molecule has 0 spiro atoms. The van der Waals surface area contributed by atoms with Gasteiger partial charge in [-0.3, -0.25) is 9.69 Å². The lowest BCUT2D eigenvalue weighted by atomic mass is 9.87. The van der Waals surface area contributed by atoms with Crippen LogP contribution in [0.2, 0.25) is 0 Å². The minimum absolute atomic E-state index is 0.141. The summed E-state index contributed by atoms with van der Waals surface area (Å²) in [5.74, 6) is -0.676. The lowest BCUT2D eigenvalue weighted by Gasteiger charge is -2.32. The summed E-state index contributed by atoms with van der Waals surface area (Å²) in [4.78, 5) is 13.5. The summed E-state index contributed by atoms with van der Waals surface area (Å²) in [6, 6.07) is 10.5. The first kappa shape index (κ1) is 20.3. The Morgan fingerprint density at radius 3 is 2.43 bits per heavy atom. The van der Waals surface area contributed by atoms with Gasteiger partial charge in [-0.15, -0.1) is 0 Å². The van der Waals surface area contributed by atoms with Crippen molar-refractivity contribution in [2.24, 2.45) is 0 Å². The van der Waals surface area contributed by atoms with E-state index in [0.29, 0.717) is 12.5 Å². The maximum atomic E-state index is 14.0. The Kier molecular flexibility index (Phi) is 5.72. The smallest absolute Gasteiger partial charge is 0.323 e. The highest BCUT2D eigenvalue weighted by Crippen LogP contribution is 2.37. The van der Waals surface area contributed by atoms with Crippen molar-refractivity contribution in [2.75, 3.05) is 19.8 Å². The van der Waals surface area contributed by atoms with Gasteiger partial charge in [0.1, 0.15) is 30.7 Å². The van der Waals surface area contributed by atoms with E-state index in [4.69, 9.17) is 4.74 Å². The number of nitrogens with zero attached hydrogens (tertiary/aromatic N) is 2. The summed E-state index contributed by atoms with van der Waals surface area (Å²) in [6.45, 7) is 3.82. The van der Waals surface area contributed by atoms with Crippen molar-refractivity contribution in [3.63, 3.8) is 0 Å². The van der Waals surface area contributed by atoms with Crippen molar-refractivity contribution in [3.8, 4) is 5.75 Å². The van der Waals surface area contributed by atoms with Crippen LogP contribution in [0, 0.1) is 18.6 Å². The van der Waals surface area contributed by atoms with E-state index in [1.165, 1.54) is 24.3 Å². The van der Waals surface area contributed by atoms with E-state index in [2.05, 4.69) is 4.90 Å². The van der Waals surface area contributed by atoms with E-state index in [-0.39, 0.29) is 24.1 Å². The minimum atomic E-state index is -0.918. The highest BCUT2D eigenvalue weighted by Gasteiger charge is 2.27. The third kappa shape index (κ3) is 4.16. The number of carboxylic acid groups (broad SMARTS) is 1. The second-order valence-corrected chi connectivity index (χ2v) is 7.76. The third-order valence-electron chi connectivity index (χ3n) is 5.85. The highest BCUT2D eigenvalue weighted by molar-refractivity contribution is 5.87. The summed E-state index contributed by atoms with van der Waals surface area (Å²) < 4.78 is 34.5. The Bertz CT molecular complexity index is 1050. The molecule has 5 nitrogen and oxygen atoms in total. The van der Waals surface area contributed by atoms with Gasteiger partial charge in [-0.05, 0) is 73.7 Å². The molecule has 0 amide bonds. The van der Waals surface area contributed by atoms with Crippen LogP contribution in [0.5, 0.6) is 5.75 Å². The Morgan fingerprint density at radius 1 is 1.10 bits per heavy atom. The van der Waals surface area contributed by atoms with Gasteiger partial charge in [-0.2, -0.15) is 0 Å². The third-order valence-corrected chi connectivity index (χ3v) is 5.85. The van der Waals surface area contributed by atoms with Gasteiger partial charge in [-0.25, -0.2) is 8.78 Å². The van der Waals surface area contributed by atoms with Crippen LogP contribution in [0.3, 0.4) is 0 Å². The first-order valence-corrected chi connectivity index (χ1v) is 10.0. The summed E-state index contributed by atoms with van der Waals surface area (Å²) in [5, 5.41) is 10.1. The molecule has 0 unspecified atom stereocenters. The standard InChI is InChI=1S/C23H24F2N2O3/c1-15-23(20-12-18(25)4-7-21(20)27(15)13-22(28)29)16-8-10-26(11-9-16)14-30-19-5-2-17(24)3-6-19/h2-7,12,16H,8-11,13-14H2,1H3,(H,28,29). The monoisotopic (exact) mass is 414 g/mol. The number of carbonyl (C=O) groups is 1. The fourth-order valence-electron chi connectivity index (χ4n) is 4.38. The van der Waals surface area contributed by atoms with Crippen LogP contribution < -0.4 is 4.74 Å². The molecule has 0 atom stereocenters. The zero-order chi connectivity index (χ0) is 21.3. The van der Waals surface area contributed by atoms with Gasteiger partial charge in [0.25, 0.3) is 0 Å². The lowest BCUT2D eigenvalue weighted by molar-refractivity contribution is -0.137. The van der Waals surface area contributed by atoms with Crippen molar-refractivity contribution < 1.29 is 23.4 Å². The van der Waals surface area contributed by atoms with Crippen molar-refractivity contribution in [1.82, 2.24) is 9.47 Å². The predicted octanol–water partition coefficient (Wildman–Crippen LogP) is 4.53. The molecule has 2 aromatic carbocycles. The van der Waals surface area contributed by atoms with E-state index in [1.54, 1.807) is 22.8 Å². The molecular formula is C23H24F2N2O3. The number of benzene rings is 2. The van der Waals surface area contributed by atoms with Gasteiger partial charge >= 0.3 is 5.97 Å².